The molecule has 0 unspecified atom stereocenters. The van der Waals surface area contributed by atoms with Gasteiger partial charge in [-0.3, -0.25) is 9.59 Å². The summed E-state index contributed by atoms with van der Waals surface area (Å²) in [6.45, 7) is 2.93. The van der Waals surface area contributed by atoms with Gasteiger partial charge in [0.25, 0.3) is 0 Å². The maximum atomic E-state index is 12.6. The van der Waals surface area contributed by atoms with E-state index < -0.39 is 0 Å². The van der Waals surface area contributed by atoms with Crippen LogP contribution in [-0.2, 0) is 27.3 Å². The van der Waals surface area contributed by atoms with Gasteiger partial charge >= 0.3 is 0 Å². The van der Waals surface area contributed by atoms with E-state index >= 15 is 0 Å². The molecule has 0 spiro atoms. The quantitative estimate of drug-likeness (QED) is 0.683. The first-order valence-electron chi connectivity index (χ1n) is 11.2. The molecule has 0 aromatic heterocycles. The molecule has 4 rings (SSSR count). The van der Waals surface area contributed by atoms with Crippen molar-refractivity contribution in [3.05, 3.63) is 35.4 Å². The molecule has 3 N–H and O–H groups in total. The molecule has 2 amide bonds. The Balaban J connectivity index is 1.14. The molecule has 2 aliphatic heterocycles. The molecule has 1 saturated heterocycles. The summed E-state index contributed by atoms with van der Waals surface area (Å²) < 4.78 is 5.57. The summed E-state index contributed by atoms with van der Waals surface area (Å²) in [5.74, 6) is 0.848. The number of rotatable bonds is 6. The first-order valence-corrected chi connectivity index (χ1v) is 11.2. The normalized spacial score (nSPS) is 29.1. The number of ether oxygens (including phenoxy) is 1. The van der Waals surface area contributed by atoms with Crippen molar-refractivity contribution >= 4 is 11.8 Å². The second-order valence-electron chi connectivity index (χ2n) is 8.75. The van der Waals surface area contributed by atoms with E-state index in [1.807, 2.05) is 12.1 Å². The third kappa shape index (κ3) is 5.37. The number of fused-ring (bicyclic) bond motifs is 1. The predicted octanol–water partition coefficient (Wildman–Crippen LogP) is 1.92. The predicted molar refractivity (Wildman–Crippen MR) is 111 cm³/mol. The molecular formula is C23H33N3O3. The van der Waals surface area contributed by atoms with Crippen LogP contribution in [0.5, 0.6) is 0 Å². The zero-order valence-electron chi connectivity index (χ0n) is 17.1. The number of carbonyl (C=O) groups excluding carboxylic acids is 2. The Morgan fingerprint density at radius 1 is 0.966 bits per heavy atom. The summed E-state index contributed by atoms with van der Waals surface area (Å²) in [4.78, 5) is 25.0. The maximum absolute atomic E-state index is 12.6. The van der Waals surface area contributed by atoms with Crippen LogP contribution in [0.4, 0.5) is 0 Å². The fourth-order valence-corrected chi connectivity index (χ4v) is 4.80. The molecule has 158 valence electrons. The van der Waals surface area contributed by atoms with Crippen molar-refractivity contribution in [3.63, 3.8) is 0 Å². The van der Waals surface area contributed by atoms with Gasteiger partial charge < -0.3 is 20.7 Å². The number of hydrogen-bond donors (Lipinski definition) is 3. The maximum Gasteiger partial charge on any atom is 0.237 e. The number of hydrogen-bond acceptors (Lipinski definition) is 4. The van der Waals surface area contributed by atoms with E-state index in [1.165, 1.54) is 11.1 Å². The molecule has 0 radical (unpaired) electrons. The minimum absolute atomic E-state index is 0.0935. The van der Waals surface area contributed by atoms with E-state index in [-0.39, 0.29) is 29.9 Å². The number of amides is 2. The largest absolute Gasteiger partial charge is 0.376 e. The van der Waals surface area contributed by atoms with Gasteiger partial charge in [0.15, 0.2) is 0 Å². The van der Waals surface area contributed by atoms with Crippen LogP contribution in [0.1, 0.15) is 49.7 Å². The zero-order chi connectivity index (χ0) is 20.1. The van der Waals surface area contributed by atoms with Gasteiger partial charge in [-0.25, -0.2) is 0 Å². The minimum Gasteiger partial charge on any atom is -0.376 e. The third-order valence-corrected chi connectivity index (χ3v) is 6.71. The van der Waals surface area contributed by atoms with Gasteiger partial charge in [-0.2, -0.15) is 0 Å². The van der Waals surface area contributed by atoms with Crippen LogP contribution in [-0.4, -0.2) is 43.7 Å². The van der Waals surface area contributed by atoms with Crippen molar-refractivity contribution in [1.82, 2.24) is 16.0 Å². The SMILES string of the molecule is O=C(NC[C@H]1CCCO1)C1CCC(CNC(=O)[C@H]2Cc3ccccc3CN2)CC1. The standard InChI is InChI=1S/C23H33N3O3/c27-22(26-15-20-6-3-11-29-20)17-9-7-16(8-10-17)13-25-23(28)21-12-18-4-1-2-5-19(18)14-24-21/h1-2,4-5,16-17,20-21,24H,3,6-15H2,(H,25,28)(H,26,27)/t16?,17?,20-,21-/m1/s1. The Labute approximate surface area is 173 Å². The molecule has 2 atom stereocenters. The Hall–Kier alpha value is -1.92. The number of nitrogens with one attached hydrogen (secondary N) is 3. The lowest BCUT2D eigenvalue weighted by Crippen LogP contribution is -2.48. The zero-order valence-corrected chi connectivity index (χ0v) is 17.1. The lowest BCUT2D eigenvalue weighted by molar-refractivity contribution is -0.127. The first kappa shape index (κ1) is 20.4. The molecule has 6 nitrogen and oxygen atoms in total. The molecule has 2 fully saturated rings. The lowest BCUT2D eigenvalue weighted by atomic mass is 9.81. The van der Waals surface area contributed by atoms with Gasteiger partial charge in [0, 0.05) is 32.2 Å². The molecule has 3 aliphatic rings. The molecule has 1 aromatic carbocycles. The highest BCUT2D eigenvalue weighted by atomic mass is 16.5. The Morgan fingerprint density at radius 3 is 2.48 bits per heavy atom. The van der Waals surface area contributed by atoms with Gasteiger partial charge in [0.05, 0.1) is 12.1 Å². The molecular weight excluding hydrogens is 366 g/mol. The first-order chi connectivity index (χ1) is 14.2. The smallest absolute Gasteiger partial charge is 0.237 e. The summed E-state index contributed by atoms with van der Waals surface area (Å²) in [6.07, 6.45) is 6.91. The van der Waals surface area contributed by atoms with Gasteiger partial charge in [-0.15, -0.1) is 0 Å². The lowest BCUT2D eigenvalue weighted by Gasteiger charge is -2.29. The fraction of sp³-hybridized carbons (Fsp3) is 0.652. The van der Waals surface area contributed by atoms with Crippen molar-refractivity contribution in [2.75, 3.05) is 19.7 Å². The Morgan fingerprint density at radius 2 is 1.72 bits per heavy atom. The highest BCUT2D eigenvalue weighted by Gasteiger charge is 2.29. The van der Waals surface area contributed by atoms with E-state index in [1.54, 1.807) is 0 Å². The monoisotopic (exact) mass is 399 g/mol. The molecule has 0 bridgehead atoms. The molecule has 1 aliphatic carbocycles. The summed E-state index contributed by atoms with van der Waals surface area (Å²) in [5, 5.41) is 9.56. The molecule has 2 heterocycles. The van der Waals surface area contributed by atoms with Crippen LogP contribution >= 0.6 is 0 Å². The number of benzene rings is 1. The highest BCUT2D eigenvalue weighted by Crippen LogP contribution is 2.28. The summed E-state index contributed by atoms with van der Waals surface area (Å²) in [6, 6.07) is 8.16. The van der Waals surface area contributed by atoms with Crippen LogP contribution in [0, 0.1) is 11.8 Å². The van der Waals surface area contributed by atoms with Crippen molar-refractivity contribution < 1.29 is 14.3 Å². The summed E-state index contributed by atoms with van der Waals surface area (Å²) in [5.41, 5.74) is 2.55. The van der Waals surface area contributed by atoms with Crippen molar-refractivity contribution in [2.45, 2.75) is 63.6 Å². The van der Waals surface area contributed by atoms with Crippen molar-refractivity contribution in [1.29, 1.82) is 0 Å². The average molecular weight is 400 g/mol. The second kappa shape index (κ2) is 9.72. The third-order valence-electron chi connectivity index (χ3n) is 6.71. The van der Waals surface area contributed by atoms with Crippen LogP contribution in [0.3, 0.4) is 0 Å². The van der Waals surface area contributed by atoms with E-state index in [4.69, 9.17) is 4.74 Å². The molecule has 1 saturated carbocycles. The van der Waals surface area contributed by atoms with Crippen LogP contribution in [0.2, 0.25) is 0 Å². The topological polar surface area (TPSA) is 79.5 Å². The second-order valence-corrected chi connectivity index (χ2v) is 8.75. The Bertz CT molecular complexity index is 709. The van der Waals surface area contributed by atoms with Crippen LogP contribution in [0.15, 0.2) is 24.3 Å². The average Bonchev–Trinajstić information content (AvgIpc) is 3.29. The molecule has 29 heavy (non-hydrogen) atoms. The van der Waals surface area contributed by atoms with E-state index in [0.29, 0.717) is 19.0 Å². The van der Waals surface area contributed by atoms with E-state index in [9.17, 15) is 9.59 Å². The molecule has 1 aromatic rings. The number of carbonyl (C=O) groups is 2. The van der Waals surface area contributed by atoms with Gasteiger partial charge in [0.1, 0.15) is 0 Å². The highest BCUT2D eigenvalue weighted by molar-refractivity contribution is 5.82. The van der Waals surface area contributed by atoms with Crippen molar-refractivity contribution in [2.24, 2.45) is 11.8 Å². The van der Waals surface area contributed by atoms with Gasteiger partial charge in [-0.05, 0) is 62.0 Å². The Kier molecular flexibility index (Phi) is 6.82. The van der Waals surface area contributed by atoms with Gasteiger partial charge in [0.2, 0.25) is 11.8 Å². The summed E-state index contributed by atoms with van der Waals surface area (Å²) in [7, 11) is 0. The molecule has 6 heteroatoms. The van der Waals surface area contributed by atoms with E-state index in [2.05, 4.69) is 28.1 Å². The van der Waals surface area contributed by atoms with E-state index in [0.717, 1.165) is 58.1 Å². The van der Waals surface area contributed by atoms with Crippen molar-refractivity contribution in [3.8, 4) is 0 Å². The minimum atomic E-state index is -0.148. The fourth-order valence-electron chi connectivity index (χ4n) is 4.80. The van der Waals surface area contributed by atoms with Gasteiger partial charge in [-0.1, -0.05) is 24.3 Å². The van der Waals surface area contributed by atoms with Crippen LogP contribution < -0.4 is 16.0 Å². The summed E-state index contributed by atoms with van der Waals surface area (Å²) >= 11 is 0. The van der Waals surface area contributed by atoms with Crippen LogP contribution in [0.25, 0.3) is 0 Å².